The number of hydrogen-bond acceptors (Lipinski definition) is 5. The van der Waals surface area contributed by atoms with Crippen molar-refractivity contribution in [1.29, 1.82) is 0 Å². The van der Waals surface area contributed by atoms with Gasteiger partial charge in [-0.25, -0.2) is 9.78 Å². The van der Waals surface area contributed by atoms with Crippen LogP contribution in [0.2, 0.25) is 5.02 Å². The van der Waals surface area contributed by atoms with Gasteiger partial charge in [0.2, 0.25) is 5.75 Å². The molecule has 132 valence electrons. The van der Waals surface area contributed by atoms with Crippen LogP contribution >= 0.6 is 11.6 Å². The van der Waals surface area contributed by atoms with Crippen molar-refractivity contribution in [2.75, 3.05) is 6.61 Å². The Bertz CT molecular complexity index is 773. The van der Waals surface area contributed by atoms with Gasteiger partial charge in [-0.05, 0) is 43.0 Å². The summed E-state index contributed by atoms with van der Waals surface area (Å²) >= 11 is 5.94. The molecule has 1 fully saturated rings. The number of halogens is 1. The Balaban J connectivity index is 2.07. The van der Waals surface area contributed by atoms with Crippen molar-refractivity contribution in [2.24, 2.45) is 5.92 Å². The maximum atomic E-state index is 11.1. The molecule has 7 heteroatoms. The predicted octanol–water partition coefficient (Wildman–Crippen LogP) is 4.77. The maximum Gasteiger partial charge on any atom is 0.511 e. The fourth-order valence-corrected chi connectivity index (χ4v) is 2.46. The van der Waals surface area contributed by atoms with E-state index in [1.165, 1.54) is 0 Å². The van der Waals surface area contributed by atoms with Crippen LogP contribution in [0.25, 0.3) is 11.4 Å². The highest BCUT2D eigenvalue weighted by Gasteiger charge is 2.33. The minimum Gasteiger partial charge on any atom is -0.475 e. The molecule has 0 amide bonds. The molecule has 1 N–H and O–H groups in total. The third-order valence-corrected chi connectivity index (χ3v) is 3.92. The second-order valence-corrected chi connectivity index (χ2v) is 6.86. The highest BCUT2D eigenvalue weighted by Crippen LogP contribution is 2.46. The summed E-state index contributed by atoms with van der Waals surface area (Å²) in [6.45, 7) is 4.40. The Morgan fingerprint density at radius 2 is 1.96 bits per heavy atom. The third kappa shape index (κ3) is 4.39. The Morgan fingerprint density at radius 1 is 1.28 bits per heavy atom. The highest BCUT2D eigenvalue weighted by molar-refractivity contribution is 6.30. The lowest BCUT2D eigenvalue weighted by molar-refractivity contribution is 0.140. The molecule has 1 aliphatic carbocycles. The SMILES string of the molecule is CC(C)COc1nc(-c2ccc(Cl)cc2)nc(C2CC2)c1OC(=O)O. The van der Waals surface area contributed by atoms with Crippen LogP contribution < -0.4 is 9.47 Å². The molecule has 0 atom stereocenters. The molecule has 0 saturated heterocycles. The van der Waals surface area contributed by atoms with Crippen LogP contribution in [-0.2, 0) is 0 Å². The smallest absolute Gasteiger partial charge is 0.475 e. The van der Waals surface area contributed by atoms with Gasteiger partial charge in [-0.15, -0.1) is 0 Å². The number of benzene rings is 1. The standard InChI is InChI=1S/C18H19ClN2O4/c1-10(2)9-24-17-15(25-18(22)23)14(11-3-4-11)20-16(21-17)12-5-7-13(19)8-6-12/h5-8,10-11H,3-4,9H2,1-2H3,(H,22,23). The Morgan fingerprint density at radius 3 is 2.52 bits per heavy atom. The summed E-state index contributed by atoms with van der Waals surface area (Å²) < 4.78 is 10.7. The second-order valence-electron chi connectivity index (χ2n) is 6.42. The van der Waals surface area contributed by atoms with Crippen molar-refractivity contribution in [3.8, 4) is 23.0 Å². The lowest BCUT2D eigenvalue weighted by Gasteiger charge is -2.15. The number of aromatic nitrogens is 2. The van der Waals surface area contributed by atoms with Crippen LogP contribution in [0.15, 0.2) is 24.3 Å². The molecule has 3 rings (SSSR count). The highest BCUT2D eigenvalue weighted by atomic mass is 35.5. The van der Waals surface area contributed by atoms with Gasteiger partial charge in [0.15, 0.2) is 5.82 Å². The molecular formula is C18H19ClN2O4. The minimum atomic E-state index is -1.40. The Hall–Kier alpha value is -2.34. The average molecular weight is 363 g/mol. The monoisotopic (exact) mass is 362 g/mol. The van der Waals surface area contributed by atoms with E-state index in [1.807, 2.05) is 26.0 Å². The van der Waals surface area contributed by atoms with E-state index in [2.05, 4.69) is 9.97 Å². The predicted molar refractivity (Wildman–Crippen MR) is 93.4 cm³/mol. The van der Waals surface area contributed by atoms with Crippen LogP contribution in [0.4, 0.5) is 4.79 Å². The molecule has 2 aromatic rings. The zero-order chi connectivity index (χ0) is 18.0. The minimum absolute atomic E-state index is 0.105. The van der Waals surface area contributed by atoms with E-state index in [0.717, 1.165) is 18.4 Å². The van der Waals surface area contributed by atoms with Crippen molar-refractivity contribution in [3.63, 3.8) is 0 Å². The first kappa shape index (κ1) is 17.5. The van der Waals surface area contributed by atoms with Gasteiger partial charge < -0.3 is 14.6 Å². The molecule has 0 spiro atoms. The van der Waals surface area contributed by atoms with E-state index >= 15 is 0 Å². The molecular weight excluding hydrogens is 344 g/mol. The maximum absolute atomic E-state index is 11.1. The zero-order valence-corrected chi connectivity index (χ0v) is 14.8. The number of hydrogen-bond donors (Lipinski definition) is 1. The van der Waals surface area contributed by atoms with E-state index in [4.69, 9.17) is 26.2 Å². The van der Waals surface area contributed by atoms with Crippen LogP contribution in [0, 0.1) is 5.92 Å². The summed E-state index contributed by atoms with van der Waals surface area (Å²) in [5.74, 6) is 1.17. The summed E-state index contributed by atoms with van der Waals surface area (Å²) in [5, 5.41) is 9.68. The van der Waals surface area contributed by atoms with Crippen molar-refractivity contribution < 1.29 is 19.4 Å². The molecule has 0 aliphatic heterocycles. The van der Waals surface area contributed by atoms with E-state index in [0.29, 0.717) is 23.1 Å². The molecule has 1 heterocycles. The van der Waals surface area contributed by atoms with Gasteiger partial charge >= 0.3 is 6.16 Å². The fraction of sp³-hybridized carbons (Fsp3) is 0.389. The molecule has 0 unspecified atom stereocenters. The van der Waals surface area contributed by atoms with E-state index in [9.17, 15) is 4.79 Å². The lowest BCUT2D eigenvalue weighted by Crippen LogP contribution is -2.13. The first-order valence-electron chi connectivity index (χ1n) is 8.15. The van der Waals surface area contributed by atoms with Crippen LogP contribution in [0.3, 0.4) is 0 Å². The van der Waals surface area contributed by atoms with Gasteiger partial charge in [0.05, 0.1) is 12.3 Å². The van der Waals surface area contributed by atoms with E-state index in [-0.39, 0.29) is 23.5 Å². The van der Waals surface area contributed by atoms with Crippen molar-refractivity contribution >= 4 is 17.8 Å². The van der Waals surface area contributed by atoms with E-state index < -0.39 is 6.16 Å². The summed E-state index contributed by atoms with van der Waals surface area (Å²) in [6, 6.07) is 7.15. The molecule has 1 aliphatic rings. The largest absolute Gasteiger partial charge is 0.511 e. The topological polar surface area (TPSA) is 81.5 Å². The zero-order valence-electron chi connectivity index (χ0n) is 14.0. The van der Waals surface area contributed by atoms with Gasteiger partial charge in [-0.1, -0.05) is 25.4 Å². The second kappa shape index (κ2) is 7.27. The average Bonchev–Trinajstić information content (AvgIpc) is 3.38. The molecule has 1 aromatic heterocycles. The van der Waals surface area contributed by atoms with Gasteiger partial charge in [-0.2, -0.15) is 4.98 Å². The van der Waals surface area contributed by atoms with Gasteiger partial charge in [0.1, 0.15) is 0 Å². The Labute approximate surface area is 150 Å². The summed E-state index contributed by atoms with van der Waals surface area (Å²) in [6.07, 6.45) is 0.479. The first-order valence-corrected chi connectivity index (χ1v) is 8.53. The molecule has 0 radical (unpaired) electrons. The lowest BCUT2D eigenvalue weighted by atomic mass is 10.2. The number of carboxylic acid groups (broad SMARTS) is 1. The molecule has 6 nitrogen and oxygen atoms in total. The number of nitrogens with zero attached hydrogens (tertiary/aromatic N) is 2. The molecule has 1 aromatic carbocycles. The first-order chi connectivity index (χ1) is 11.9. The van der Waals surface area contributed by atoms with Crippen LogP contribution in [0.1, 0.15) is 38.3 Å². The van der Waals surface area contributed by atoms with Crippen LogP contribution in [-0.4, -0.2) is 27.8 Å². The molecule has 25 heavy (non-hydrogen) atoms. The normalized spacial score (nSPS) is 13.8. The summed E-state index contributed by atoms with van der Waals surface area (Å²) in [5.41, 5.74) is 1.36. The molecule has 0 bridgehead atoms. The fourth-order valence-electron chi connectivity index (χ4n) is 2.33. The Kier molecular flexibility index (Phi) is 5.08. The number of ether oxygens (including phenoxy) is 2. The van der Waals surface area contributed by atoms with Crippen molar-refractivity contribution in [1.82, 2.24) is 9.97 Å². The number of rotatable bonds is 6. The number of carbonyl (C=O) groups is 1. The quantitative estimate of drug-likeness (QED) is 0.745. The van der Waals surface area contributed by atoms with Gasteiger partial charge in [0.25, 0.3) is 5.88 Å². The third-order valence-electron chi connectivity index (χ3n) is 3.67. The molecule has 1 saturated carbocycles. The van der Waals surface area contributed by atoms with Crippen molar-refractivity contribution in [3.05, 3.63) is 35.0 Å². The van der Waals surface area contributed by atoms with Crippen LogP contribution in [0.5, 0.6) is 11.6 Å². The van der Waals surface area contributed by atoms with Crippen molar-refractivity contribution in [2.45, 2.75) is 32.6 Å². The summed E-state index contributed by atoms with van der Waals surface area (Å²) in [4.78, 5) is 20.1. The van der Waals surface area contributed by atoms with Gasteiger partial charge in [0, 0.05) is 16.5 Å². The van der Waals surface area contributed by atoms with Gasteiger partial charge in [-0.3, -0.25) is 0 Å². The summed E-state index contributed by atoms with van der Waals surface area (Å²) in [7, 11) is 0. The van der Waals surface area contributed by atoms with E-state index in [1.54, 1.807) is 12.1 Å².